The molecular formula is C24H28N6O2. The molecule has 1 fully saturated rings. The van der Waals surface area contributed by atoms with Gasteiger partial charge < -0.3 is 19.7 Å². The van der Waals surface area contributed by atoms with Crippen LogP contribution >= 0.6 is 0 Å². The third-order valence-electron chi connectivity index (χ3n) is 5.90. The summed E-state index contributed by atoms with van der Waals surface area (Å²) in [6, 6.07) is 13.6. The van der Waals surface area contributed by atoms with Gasteiger partial charge in [0, 0.05) is 58.1 Å². The average Bonchev–Trinajstić information content (AvgIpc) is 2.81. The molecule has 1 amide bonds. The molecule has 0 bridgehead atoms. The highest BCUT2D eigenvalue weighted by Crippen LogP contribution is 2.26. The molecule has 2 aromatic heterocycles. The van der Waals surface area contributed by atoms with Gasteiger partial charge in [0.2, 0.25) is 11.9 Å². The smallest absolute Gasteiger partial charge is 0.258 e. The number of nitrogens with one attached hydrogen (secondary N) is 1. The van der Waals surface area contributed by atoms with Crippen LogP contribution in [0.15, 0.2) is 59.7 Å². The van der Waals surface area contributed by atoms with E-state index in [1.807, 2.05) is 65.5 Å². The lowest BCUT2D eigenvalue weighted by Crippen LogP contribution is -2.41. The van der Waals surface area contributed by atoms with Crippen LogP contribution < -0.4 is 15.8 Å². The maximum Gasteiger partial charge on any atom is 0.258 e. The number of carbonyl (C=O) groups excluding carboxylic acids is 1. The molecule has 1 aromatic carbocycles. The molecule has 3 heterocycles. The van der Waals surface area contributed by atoms with Crippen molar-refractivity contribution in [1.82, 2.24) is 19.4 Å². The Morgan fingerprint density at radius 3 is 2.56 bits per heavy atom. The lowest BCUT2D eigenvalue weighted by Gasteiger charge is -2.31. The summed E-state index contributed by atoms with van der Waals surface area (Å²) in [5.74, 6) is 1.40. The van der Waals surface area contributed by atoms with Gasteiger partial charge in [0.15, 0.2) is 0 Å². The summed E-state index contributed by atoms with van der Waals surface area (Å²) in [4.78, 5) is 37.1. The molecule has 0 saturated carbocycles. The number of nitrogens with zero attached hydrogens (tertiary/aromatic N) is 5. The molecule has 0 unspecified atom stereocenters. The Labute approximate surface area is 187 Å². The number of amides is 1. The lowest BCUT2D eigenvalue weighted by atomic mass is 10.1. The van der Waals surface area contributed by atoms with E-state index in [2.05, 4.69) is 15.3 Å². The molecule has 1 aliphatic rings. The molecule has 32 heavy (non-hydrogen) atoms. The fourth-order valence-electron chi connectivity index (χ4n) is 3.96. The monoisotopic (exact) mass is 432 g/mol. The Bertz CT molecular complexity index is 1150. The van der Waals surface area contributed by atoms with Gasteiger partial charge in [-0.1, -0.05) is 30.3 Å². The van der Waals surface area contributed by atoms with E-state index < -0.39 is 0 Å². The number of carbonyl (C=O) groups is 1. The molecule has 8 heteroatoms. The van der Waals surface area contributed by atoms with Crippen molar-refractivity contribution in [3.8, 4) is 11.1 Å². The van der Waals surface area contributed by atoms with Crippen LogP contribution in [-0.2, 0) is 11.8 Å². The fourth-order valence-corrected chi connectivity index (χ4v) is 3.96. The molecule has 4 rings (SSSR count). The minimum atomic E-state index is -0.0460. The summed E-state index contributed by atoms with van der Waals surface area (Å²) in [5, 5.41) is 3.40. The van der Waals surface area contributed by atoms with E-state index in [0.29, 0.717) is 11.5 Å². The van der Waals surface area contributed by atoms with Gasteiger partial charge in [-0.2, -0.15) is 4.98 Å². The van der Waals surface area contributed by atoms with Crippen LogP contribution in [0.1, 0.15) is 19.8 Å². The predicted molar refractivity (Wildman–Crippen MR) is 126 cm³/mol. The largest absolute Gasteiger partial charge is 0.351 e. The summed E-state index contributed by atoms with van der Waals surface area (Å²) in [7, 11) is 3.68. The van der Waals surface area contributed by atoms with Crippen molar-refractivity contribution in [3.63, 3.8) is 0 Å². The molecule has 166 valence electrons. The van der Waals surface area contributed by atoms with Crippen molar-refractivity contribution in [2.45, 2.75) is 25.8 Å². The minimum Gasteiger partial charge on any atom is -0.351 e. The van der Waals surface area contributed by atoms with E-state index in [-0.39, 0.29) is 17.5 Å². The number of likely N-dealkylation sites (tertiary alicyclic amines) is 1. The molecule has 0 spiro atoms. The number of anilines is 3. The quantitative estimate of drug-likeness (QED) is 0.667. The summed E-state index contributed by atoms with van der Waals surface area (Å²) in [6.45, 7) is 3.10. The van der Waals surface area contributed by atoms with Crippen molar-refractivity contribution in [3.05, 3.63) is 65.2 Å². The number of piperidine rings is 1. The van der Waals surface area contributed by atoms with Crippen LogP contribution in [0.2, 0.25) is 0 Å². The Morgan fingerprint density at radius 2 is 1.88 bits per heavy atom. The maximum absolute atomic E-state index is 12.7. The van der Waals surface area contributed by atoms with E-state index in [4.69, 9.17) is 0 Å². The summed E-state index contributed by atoms with van der Waals surface area (Å²) in [5.41, 5.74) is 2.33. The zero-order chi connectivity index (χ0) is 22.7. The maximum atomic E-state index is 12.7. The summed E-state index contributed by atoms with van der Waals surface area (Å²) < 4.78 is 1.59. The standard InChI is InChI=1S/C24H28N6O2/c1-17(31)30-13-10-19(11-14-30)26-24-25-12-9-22(27-24)29(3)20-15-21(23(32)28(2)16-20)18-7-5-4-6-8-18/h4-9,12,15-16,19H,10-11,13-14H2,1-3H3,(H,25,26,27). The third kappa shape index (κ3) is 4.64. The van der Waals surface area contributed by atoms with Crippen LogP contribution in [0.25, 0.3) is 11.1 Å². The van der Waals surface area contributed by atoms with Crippen LogP contribution in [-0.4, -0.2) is 51.5 Å². The lowest BCUT2D eigenvalue weighted by molar-refractivity contribution is -0.129. The van der Waals surface area contributed by atoms with E-state index >= 15 is 0 Å². The average molecular weight is 433 g/mol. The van der Waals surface area contributed by atoms with E-state index in [1.54, 1.807) is 24.7 Å². The minimum absolute atomic E-state index is 0.0460. The Balaban J connectivity index is 1.54. The topological polar surface area (TPSA) is 83.4 Å². The highest BCUT2D eigenvalue weighted by molar-refractivity contribution is 5.73. The van der Waals surface area contributed by atoms with Gasteiger partial charge in [-0.05, 0) is 30.5 Å². The first kappa shape index (κ1) is 21.5. The number of benzene rings is 1. The van der Waals surface area contributed by atoms with Crippen LogP contribution in [0, 0.1) is 0 Å². The second-order valence-corrected chi connectivity index (χ2v) is 8.12. The number of aromatic nitrogens is 3. The first-order valence-electron chi connectivity index (χ1n) is 10.8. The molecular weight excluding hydrogens is 404 g/mol. The molecule has 1 aliphatic heterocycles. The predicted octanol–water partition coefficient (Wildman–Crippen LogP) is 3.03. The van der Waals surface area contributed by atoms with E-state index in [0.717, 1.165) is 43.0 Å². The van der Waals surface area contributed by atoms with E-state index in [1.165, 1.54) is 0 Å². The van der Waals surface area contributed by atoms with Gasteiger partial charge in [0.25, 0.3) is 5.56 Å². The molecule has 0 radical (unpaired) electrons. The van der Waals surface area contributed by atoms with E-state index in [9.17, 15) is 9.59 Å². The van der Waals surface area contributed by atoms with Crippen molar-refractivity contribution >= 4 is 23.4 Å². The highest BCUT2D eigenvalue weighted by Gasteiger charge is 2.21. The Morgan fingerprint density at radius 1 is 1.16 bits per heavy atom. The molecule has 0 aliphatic carbocycles. The van der Waals surface area contributed by atoms with Crippen molar-refractivity contribution in [2.24, 2.45) is 7.05 Å². The first-order valence-corrected chi connectivity index (χ1v) is 10.8. The van der Waals surface area contributed by atoms with Gasteiger partial charge in [-0.3, -0.25) is 9.59 Å². The van der Waals surface area contributed by atoms with Crippen molar-refractivity contribution in [1.29, 1.82) is 0 Å². The van der Waals surface area contributed by atoms with Crippen molar-refractivity contribution < 1.29 is 4.79 Å². The number of hydrogen-bond acceptors (Lipinski definition) is 6. The van der Waals surface area contributed by atoms with Gasteiger partial charge in [-0.25, -0.2) is 4.98 Å². The number of aryl methyl sites for hydroxylation is 1. The fraction of sp³-hybridized carbons (Fsp3) is 0.333. The van der Waals surface area contributed by atoms with Gasteiger partial charge in [0.05, 0.1) is 5.69 Å². The number of pyridine rings is 1. The van der Waals surface area contributed by atoms with Crippen LogP contribution in [0.4, 0.5) is 17.5 Å². The van der Waals surface area contributed by atoms with Crippen LogP contribution in [0.3, 0.4) is 0 Å². The Hall–Kier alpha value is -3.68. The molecule has 1 N–H and O–H groups in total. The molecule has 8 nitrogen and oxygen atoms in total. The highest BCUT2D eigenvalue weighted by atomic mass is 16.2. The summed E-state index contributed by atoms with van der Waals surface area (Å²) >= 11 is 0. The second-order valence-electron chi connectivity index (χ2n) is 8.12. The number of rotatable bonds is 5. The Kier molecular flexibility index (Phi) is 6.20. The SMILES string of the molecule is CC(=O)N1CCC(Nc2nccc(N(C)c3cc(-c4ccccc4)c(=O)n(C)c3)n2)CC1. The van der Waals surface area contributed by atoms with Gasteiger partial charge in [0.1, 0.15) is 5.82 Å². The second kappa shape index (κ2) is 9.21. The van der Waals surface area contributed by atoms with Gasteiger partial charge >= 0.3 is 0 Å². The molecule has 0 atom stereocenters. The van der Waals surface area contributed by atoms with Gasteiger partial charge in [-0.15, -0.1) is 0 Å². The molecule has 1 saturated heterocycles. The number of hydrogen-bond donors (Lipinski definition) is 1. The third-order valence-corrected chi connectivity index (χ3v) is 5.90. The molecule has 3 aromatic rings. The van der Waals surface area contributed by atoms with Crippen molar-refractivity contribution in [2.75, 3.05) is 30.4 Å². The zero-order valence-corrected chi connectivity index (χ0v) is 18.7. The zero-order valence-electron chi connectivity index (χ0n) is 18.7. The summed E-state index contributed by atoms with van der Waals surface area (Å²) in [6.07, 6.45) is 5.27. The normalized spacial score (nSPS) is 14.3. The first-order chi connectivity index (χ1) is 15.4. The van der Waals surface area contributed by atoms with Crippen LogP contribution in [0.5, 0.6) is 0 Å².